The van der Waals surface area contributed by atoms with Crippen LogP contribution in [0.25, 0.3) is 10.8 Å². The summed E-state index contributed by atoms with van der Waals surface area (Å²) in [7, 11) is 0. The van der Waals surface area contributed by atoms with Gasteiger partial charge in [-0.3, -0.25) is 9.69 Å². The molecule has 0 unspecified atom stereocenters. The van der Waals surface area contributed by atoms with E-state index in [4.69, 9.17) is 4.42 Å². The minimum Gasteiger partial charge on any atom is -0.459 e. The van der Waals surface area contributed by atoms with Gasteiger partial charge in [0.1, 0.15) is 5.76 Å². The maximum Gasteiger partial charge on any atom is 0.226 e. The molecule has 1 fully saturated rings. The first kappa shape index (κ1) is 21.9. The first-order valence-corrected chi connectivity index (χ1v) is 8.79. The first-order chi connectivity index (χ1) is 11.2. The summed E-state index contributed by atoms with van der Waals surface area (Å²) in [6.45, 7) is 7.66. The zero-order chi connectivity index (χ0) is 16.1. The Balaban J connectivity index is 0.00000156. The van der Waals surface area contributed by atoms with Gasteiger partial charge in [-0.1, -0.05) is 0 Å². The number of nitrogens with zero attached hydrogens (tertiary/aromatic N) is 2. The van der Waals surface area contributed by atoms with E-state index in [0.29, 0.717) is 13.0 Å². The van der Waals surface area contributed by atoms with E-state index < -0.39 is 0 Å². The van der Waals surface area contributed by atoms with Crippen molar-refractivity contribution < 1.29 is 9.21 Å². The number of nitrogens with one attached hydrogen (secondary N) is 2. The highest BCUT2D eigenvalue weighted by Gasteiger charge is 2.12. The highest BCUT2D eigenvalue weighted by atomic mass is 35.5. The summed E-state index contributed by atoms with van der Waals surface area (Å²) in [6, 6.07) is 3.82. The number of thiazole rings is 1. The second kappa shape index (κ2) is 10.8. The molecule has 0 aromatic carbocycles. The van der Waals surface area contributed by atoms with Crippen molar-refractivity contribution >= 4 is 42.1 Å². The Morgan fingerprint density at radius 1 is 1.36 bits per heavy atom. The van der Waals surface area contributed by atoms with E-state index in [1.165, 1.54) is 11.3 Å². The molecule has 6 nitrogen and oxygen atoms in total. The van der Waals surface area contributed by atoms with Crippen LogP contribution in [0.15, 0.2) is 21.9 Å². The van der Waals surface area contributed by atoms with Crippen LogP contribution in [0.5, 0.6) is 0 Å². The number of hydrogen-bond donors (Lipinski definition) is 2. The third kappa shape index (κ3) is 6.60. The number of halogens is 2. The molecule has 0 radical (unpaired) electrons. The molecule has 1 saturated heterocycles. The van der Waals surface area contributed by atoms with Crippen molar-refractivity contribution in [3.05, 3.63) is 29.0 Å². The van der Waals surface area contributed by atoms with Gasteiger partial charge in [-0.25, -0.2) is 4.98 Å². The fourth-order valence-electron chi connectivity index (χ4n) is 2.57. The highest BCUT2D eigenvalue weighted by molar-refractivity contribution is 7.13. The summed E-state index contributed by atoms with van der Waals surface area (Å²) >= 11 is 1.50. The van der Waals surface area contributed by atoms with E-state index in [-0.39, 0.29) is 30.7 Å². The number of furan rings is 1. The van der Waals surface area contributed by atoms with Gasteiger partial charge in [0.2, 0.25) is 5.91 Å². The molecule has 25 heavy (non-hydrogen) atoms. The van der Waals surface area contributed by atoms with Crippen molar-refractivity contribution in [2.75, 3.05) is 39.3 Å². The molecule has 2 N–H and O–H groups in total. The monoisotopic (exact) mass is 406 g/mol. The number of rotatable bonds is 6. The van der Waals surface area contributed by atoms with Gasteiger partial charge < -0.3 is 15.1 Å². The second-order valence-corrected chi connectivity index (χ2v) is 6.53. The number of aryl methyl sites for hydroxylation is 1. The molecule has 3 heterocycles. The third-order valence-electron chi connectivity index (χ3n) is 3.80. The van der Waals surface area contributed by atoms with Gasteiger partial charge in [0.25, 0.3) is 0 Å². The predicted molar refractivity (Wildman–Crippen MR) is 105 cm³/mol. The topological polar surface area (TPSA) is 70.4 Å². The van der Waals surface area contributed by atoms with Crippen LogP contribution in [-0.4, -0.2) is 55.1 Å². The van der Waals surface area contributed by atoms with Crippen molar-refractivity contribution in [1.29, 1.82) is 0 Å². The SMILES string of the molecule is Cc1ccc(-c2nc(CC(=O)NCCN3CCNCC3)cs2)o1.Cl.Cl. The van der Waals surface area contributed by atoms with Crippen molar-refractivity contribution in [1.82, 2.24) is 20.5 Å². The number of carbonyl (C=O) groups excluding carboxylic acids is 1. The Bertz CT molecular complexity index is 656. The van der Waals surface area contributed by atoms with Gasteiger partial charge in [-0.05, 0) is 19.1 Å². The Morgan fingerprint density at radius 3 is 2.80 bits per heavy atom. The van der Waals surface area contributed by atoms with Crippen molar-refractivity contribution in [3.8, 4) is 10.8 Å². The lowest BCUT2D eigenvalue weighted by Crippen LogP contribution is -2.46. The summed E-state index contributed by atoms with van der Waals surface area (Å²) < 4.78 is 5.56. The van der Waals surface area contributed by atoms with E-state index in [2.05, 4.69) is 20.5 Å². The van der Waals surface area contributed by atoms with Crippen molar-refractivity contribution in [2.24, 2.45) is 0 Å². The Labute approximate surface area is 164 Å². The molecular weight excluding hydrogens is 383 g/mol. The van der Waals surface area contributed by atoms with Crippen LogP contribution >= 0.6 is 36.2 Å². The molecule has 3 rings (SSSR count). The van der Waals surface area contributed by atoms with Gasteiger partial charge >= 0.3 is 0 Å². The first-order valence-electron chi connectivity index (χ1n) is 7.92. The summed E-state index contributed by atoms with van der Waals surface area (Å²) in [5, 5.41) is 9.03. The molecule has 1 amide bonds. The van der Waals surface area contributed by atoms with Crippen LogP contribution in [0.4, 0.5) is 0 Å². The number of aromatic nitrogens is 1. The molecule has 140 valence electrons. The molecule has 0 saturated carbocycles. The zero-order valence-electron chi connectivity index (χ0n) is 14.1. The number of amides is 1. The van der Waals surface area contributed by atoms with E-state index >= 15 is 0 Å². The molecular formula is C16H24Cl2N4O2S. The summed E-state index contributed by atoms with van der Waals surface area (Å²) in [5.74, 6) is 1.65. The van der Waals surface area contributed by atoms with E-state index in [1.807, 2.05) is 24.4 Å². The molecule has 0 spiro atoms. The quantitative estimate of drug-likeness (QED) is 0.768. The van der Waals surface area contributed by atoms with Gasteiger partial charge in [0.15, 0.2) is 10.8 Å². The summed E-state index contributed by atoms with van der Waals surface area (Å²) in [6.07, 6.45) is 0.317. The van der Waals surface area contributed by atoms with E-state index in [1.54, 1.807) is 0 Å². The maximum absolute atomic E-state index is 12.0. The van der Waals surface area contributed by atoms with Crippen LogP contribution in [-0.2, 0) is 11.2 Å². The molecule has 0 bridgehead atoms. The minimum atomic E-state index is 0. The van der Waals surface area contributed by atoms with Crippen molar-refractivity contribution in [3.63, 3.8) is 0 Å². The lowest BCUT2D eigenvalue weighted by molar-refractivity contribution is -0.120. The zero-order valence-corrected chi connectivity index (χ0v) is 16.6. The molecule has 2 aromatic heterocycles. The number of hydrogen-bond acceptors (Lipinski definition) is 6. The van der Waals surface area contributed by atoms with E-state index in [9.17, 15) is 4.79 Å². The van der Waals surface area contributed by atoms with E-state index in [0.717, 1.165) is 54.9 Å². The lowest BCUT2D eigenvalue weighted by Gasteiger charge is -2.27. The average molecular weight is 407 g/mol. The fraction of sp³-hybridized carbons (Fsp3) is 0.500. The Hall–Kier alpha value is -1.12. The predicted octanol–water partition coefficient (Wildman–Crippen LogP) is 2.12. The normalized spacial score (nSPS) is 14.4. The highest BCUT2D eigenvalue weighted by Crippen LogP contribution is 2.25. The van der Waals surface area contributed by atoms with Crippen molar-refractivity contribution in [2.45, 2.75) is 13.3 Å². The fourth-order valence-corrected chi connectivity index (χ4v) is 3.35. The van der Waals surface area contributed by atoms with Crippen LogP contribution in [0.3, 0.4) is 0 Å². The number of piperazine rings is 1. The van der Waals surface area contributed by atoms with Crippen LogP contribution < -0.4 is 10.6 Å². The minimum absolute atomic E-state index is 0. The third-order valence-corrected chi connectivity index (χ3v) is 4.71. The maximum atomic E-state index is 12.0. The van der Waals surface area contributed by atoms with Gasteiger partial charge in [-0.15, -0.1) is 36.2 Å². The Morgan fingerprint density at radius 2 is 2.12 bits per heavy atom. The molecule has 1 aliphatic rings. The van der Waals surface area contributed by atoms with Gasteiger partial charge in [0, 0.05) is 44.6 Å². The standard InChI is InChI=1S/C16H22N4O2S.2ClH/c1-12-2-3-14(22-12)16-19-13(11-23-16)10-15(21)18-6-9-20-7-4-17-5-8-20;;/h2-3,11,17H,4-10H2,1H3,(H,18,21);2*1H. The number of carbonyl (C=O) groups is 1. The molecule has 9 heteroatoms. The smallest absolute Gasteiger partial charge is 0.226 e. The lowest BCUT2D eigenvalue weighted by atomic mass is 10.3. The summed E-state index contributed by atoms with van der Waals surface area (Å²) in [5.41, 5.74) is 0.790. The average Bonchev–Trinajstić information content (AvgIpc) is 3.17. The van der Waals surface area contributed by atoms with Crippen LogP contribution in [0.2, 0.25) is 0 Å². The van der Waals surface area contributed by atoms with Crippen LogP contribution in [0.1, 0.15) is 11.5 Å². The largest absolute Gasteiger partial charge is 0.459 e. The Kier molecular flexibility index (Phi) is 9.45. The second-order valence-electron chi connectivity index (χ2n) is 5.67. The van der Waals surface area contributed by atoms with Gasteiger partial charge in [-0.2, -0.15) is 0 Å². The molecule has 0 atom stereocenters. The molecule has 2 aromatic rings. The van der Waals surface area contributed by atoms with Crippen LogP contribution in [0, 0.1) is 6.92 Å². The molecule has 0 aliphatic carbocycles. The summed E-state index contributed by atoms with van der Waals surface area (Å²) in [4.78, 5) is 18.8. The molecule has 1 aliphatic heterocycles. The van der Waals surface area contributed by atoms with Gasteiger partial charge in [0.05, 0.1) is 12.1 Å².